The Morgan fingerprint density at radius 3 is 2.74 bits per heavy atom. The molecule has 9 heteroatoms. The fourth-order valence-electron chi connectivity index (χ4n) is 2.60. The van der Waals surface area contributed by atoms with Gasteiger partial charge in [0.2, 0.25) is 5.88 Å². The molecule has 148 valence electrons. The zero-order valence-corrected chi connectivity index (χ0v) is 15.6. The number of amides is 1. The van der Waals surface area contributed by atoms with Gasteiger partial charge in [0.05, 0.1) is 17.4 Å². The van der Waals surface area contributed by atoms with Crippen molar-refractivity contribution in [3.63, 3.8) is 0 Å². The lowest BCUT2D eigenvalue weighted by molar-refractivity contribution is -0.154. The van der Waals surface area contributed by atoms with Crippen LogP contribution in [0.2, 0.25) is 0 Å². The van der Waals surface area contributed by atoms with Crippen LogP contribution in [0.25, 0.3) is 0 Å². The van der Waals surface area contributed by atoms with Gasteiger partial charge in [0, 0.05) is 24.8 Å². The summed E-state index contributed by atoms with van der Waals surface area (Å²) in [5.74, 6) is 0.338. The van der Waals surface area contributed by atoms with Gasteiger partial charge in [-0.2, -0.15) is 13.2 Å². The van der Waals surface area contributed by atoms with E-state index in [4.69, 9.17) is 0 Å². The molecule has 0 saturated carbocycles. The Balaban J connectivity index is 2.05. The lowest BCUT2D eigenvalue weighted by atomic mass is 10.0. The van der Waals surface area contributed by atoms with Crippen molar-refractivity contribution in [3.05, 3.63) is 46.9 Å². The molecule has 0 bridgehead atoms. The van der Waals surface area contributed by atoms with Crippen LogP contribution in [-0.4, -0.2) is 42.8 Å². The van der Waals surface area contributed by atoms with Gasteiger partial charge in [-0.25, -0.2) is 4.98 Å². The second-order valence-electron chi connectivity index (χ2n) is 6.35. The van der Waals surface area contributed by atoms with Gasteiger partial charge in [0.25, 0.3) is 5.91 Å². The normalized spacial score (nSPS) is 18.0. The molecule has 1 aromatic heterocycles. The predicted octanol–water partition coefficient (Wildman–Crippen LogP) is 2.43. The Morgan fingerprint density at radius 1 is 1.44 bits per heavy atom. The minimum Gasteiger partial charge on any atom is -0.468 e. The number of aryl methyl sites for hydroxylation is 1. The zero-order chi connectivity index (χ0) is 20.2. The molecule has 1 aliphatic rings. The van der Waals surface area contributed by atoms with Crippen LogP contribution in [0.15, 0.2) is 35.8 Å². The number of dihydropyridines is 1. The van der Waals surface area contributed by atoms with Crippen LogP contribution < -0.4 is 20.7 Å². The molecular formula is C18H23F3N4O2. The maximum absolute atomic E-state index is 12.5. The standard InChI is InChI=1S/C18H23F3N4O2/c1-10-5-14(8-23-17(10)27-9-18(19,20)21)16(26)25-12(3)13-6-11(2)24-15(7-13)22-4/h5-8,11-12,22,24H,9H2,1-4H3,(H,25,26). The summed E-state index contributed by atoms with van der Waals surface area (Å²) in [5, 5.41) is 9.13. The molecule has 0 fully saturated rings. The number of carbonyl (C=O) groups excluding carboxylic acids is 1. The van der Waals surface area contributed by atoms with Gasteiger partial charge in [-0.3, -0.25) is 4.79 Å². The molecule has 0 aromatic carbocycles. The number of carbonyl (C=O) groups is 1. The van der Waals surface area contributed by atoms with E-state index in [0.717, 1.165) is 11.4 Å². The fourth-order valence-corrected chi connectivity index (χ4v) is 2.60. The Kier molecular flexibility index (Phi) is 6.35. The molecule has 3 N–H and O–H groups in total. The summed E-state index contributed by atoms with van der Waals surface area (Å²) in [6, 6.07) is 1.31. The minimum atomic E-state index is -4.45. The summed E-state index contributed by atoms with van der Waals surface area (Å²) in [5.41, 5.74) is 1.54. The summed E-state index contributed by atoms with van der Waals surface area (Å²) >= 11 is 0. The highest BCUT2D eigenvalue weighted by molar-refractivity contribution is 5.94. The van der Waals surface area contributed by atoms with Gasteiger partial charge in [-0.05, 0) is 38.5 Å². The monoisotopic (exact) mass is 384 g/mol. The Labute approximate surface area is 155 Å². The van der Waals surface area contributed by atoms with Crippen LogP contribution in [0.1, 0.15) is 29.8 Å². The van der Waals surface area contributed by atoms with Crippen molar-refractivity contribution in [3.8, 4) is 5.88 Å². The molecule has 2 rings (SSSR count). The van der Waals surface area contributed by atoms with Crippen molar-refractivity contribution in [1.82, 2.24) is 20.9 Å². The number of aromatic nitrogens is 1. The molecule has 2 heterocycles. The Morgan fingerprint density at radius 2 is 2.15 bits per heavy atom. The van der Waals surface area contributed by atoms with E-state index in [9.17, 15) is 18.0 Å². The summed E-state index contributed by atoms with van der Waals surface area (Å²) in [4.78, 5) is 16.3. The van der Waals surface area contributed by atoms with Crippen molar-refractivity contribution < 1.29 is 22.7 Å². The smallest absolute Gasteiger partial charge is 0.422 e. The lowest BCUT2D eigenvalue weighted by Crippen LogP contribution is -2.39. The third-order valence-corrected chi connectivity index (χ3v) is 3.92. The number of hydrogen-bond donors (Lipinski definition) is 3. The molecule has 0 aliphatic carbocycles. The average molecular weight is 384 g/mol. The third kappa shape index (κ3) is 5.90. The molecule has 1 aromatic rings. The van der Waals surface area contributed by atoms with E-state index in [1.807, 2.05) is 26.0 Å². The largest absolute Gasteiger partial charge is 0.468 e. The Bertz CT molecular complexity index is 759. The number of alkyl halides is 3. The first-order chi connectivity index (χ1) is 12.6. The first-order valence-corrected chi connectivity index (χ1v) is 8.44. The summed E-state index contributed by atoms with van der Waals surface area (Å²) in [6.45, 7) is 3.96. The molecule has 1 aliphatic heterocycles. The molecule has 1 amide bonds. The number of nitrogens with one attached hydrogen (secondary N) is 3. The highest BCUT2D eigenvalue weighted by atomic mass is 19.4. The average Bonchev–Trinajstić information content (AvgIpc) is 2.59. The van der Waals surface area contributed by atoms with Gasteiger partial charge in [-0.15, -0.1) is 0 Å². The van der Waals surface area contributed by atoms with Crippen molar-refractivity contribution >= 4 is 5.91 Å². The molecule has 6 nitrogen and oxygen atoms in total. The molecule has 27 heavy (non-hydrogen) atoms. The van der Waals surface area contributed by atoms with E-state index in [1.54, 1.807) is 7.05 Å². The van der Waals surface area contributed by atoms with Crippen LogP contribution in [0.3, 0.4) is 0 Å². The van der Waals surface area contributed by atoms with E-state index in [-0.39, 0.29) is 29.4 Å². The number of rotatable bonds is 6. The zero-order valence-electron chi connectivity index (χ0n) is 15.6. The number of ether oxygens (including phenoxy) is 1. The maximum Gasteiger partial charge on any atom is 0.422 e. The van der Waals surface area contributed by atoms with Gasteiger partial charge >= 0.3 is 6.18 Å². The number of hydrogen-bond acceptors (Lipinski definition) is 5. The van der Waals surface area contributed by atoms with Crippen LogP contribution >= 0.6 is 0 Å². The second kappa shape index (κ2) is 8.32. The highest BCUT2D eigenvalue weighted by Gasteiger charge is 2.29. The molecule has 0 spiro atoms. The molecule has 2 unspecified atom stereocenters. The van der Waals surface area contributed by atoms with Gasteiger partial charge in [-0.1, -0.05) is 6.08 Å². The van der Waals surface area contributed by atoms with Gasteiger partial charge in [0.1, 0.15) is 0 Å². The summed E-state index contributed by atoms with van der Waals surface area (Å²) in [6.07, 6.45) is 0.667. The SMILES string of the molecule is CNC1=CC(C(C)NC(=O)c2cnc(OCC(F)(F)F)c(C)c2)=CC(C)N1. The maximum atomic E-state index is 12.5. The minimum absolute atomic E-state index is 0.112. The number of halogens is 3. The first-order valence-electron chi connectivity index (χ1n) is 8.44. The molecule has 2 atom stereocenters. The first kappa shape index (κ1) is 20.6. The quantitative estimate of drug-likeness (QED) is 0.703. The molecule has 0 radical (unpaired) electrons. The van der Waals surface area contributed by atoms with Gasteiger partial charge < -0.3 is 20.7 Å². The van der Waals surface area contributed by atoms with Crippen LogP contribution in [0, 0.1) is 6.92 Å². The highest BCUT2D eigenvalue weighted by Crippen LogP contribution is 2.20. The van der Waals surface area contributed by atoms with Crippen molar-refractivity contribution in [2.75, 3.05) is 13.7 Å². The van der Waals surface area contributed by atoms with E-state index >= 15 is 0 Å². The summed E-state index contributed by atoms with van der Waals surface area (Å²) < 4.78 is 41.4. The molecular weight excluding hydrogens is 361 g/mol. The number of pyridine rings is 1. The van der Waals surface area contributed by atoms with E-state index in [2.05, 4.69) is 25.7 Å². The van der Waals surface area contributed by atoms with Crippen LogP contribution in [-0.2, 0) is 0 Å². The lowest BCUT2D eigenvalue weighted by Gasteiger charge is -2.25. The molecule has 0 saturated heterocycles. The summed E-state index contributed by atoms with van der Waals surface area (Å²) in [7, 11) is 1.80. The van der Waals surface area contributed by atoms with Crippen molar-refractivity contribution in [2.45, 2.75) is 39.0 Å². The second-order valence-corrected chi connectivity index (χ2v) is 6.35. The van der Waals surface area contributed by atoms with Gasteiger partial charge in [0.15, 0.2) is 6.61 Å². The van der Waals surface area contributed by atoms with Crippen LogP contribution in [0.4, 0.5) is 13.2 Å². The number of nitrogens with zero attached hydrogens (tertiary/aromatic N) is 1. The topological polar surface area (TPSA) is 75.3 Å². The van der Waals surface area contributed by atoms with E-state index in [1.165, 1.54) is 19.2 Å². The Hall–Kier alpha value is -2.71. The van der Waals surface area contributed by atoms with E-state index < -0.39 is 12.8 Å². The predicted molar refractivity (Wildman–Crippen MR) is 95.3 cm³/mol. The third-order valence-electron chi connectivity index (χ3n) is 3.92. The van der Waals surface area contributed by atoms with Crippen LogP contribution in [0.5, 0.6) is 5.88 Å². The van der Waals surface area contributed by atoms with Crippen molar-refractivity contribution in [1.29, 1.82) is 0 Å². The van der Waals surface area contributed by atoms with E-state index in [0.29, 0.717) is 5.56 Å². The van der Waals surface area contributed by atoms with Crippen molar-refractivity contribution in [2.24, 2.45) is 0 Å². The fraction of sp³-hybridized carbons (Fsp3) is 0.444.